The van der Waals surface area contributed by atoms with E-state index in [1.165, 1.54) is 10.9 Å². The molecular formula is C13H14FNS. The lowest BCUT2D eigenvalue weighted by Gasteiger charge is -2.12. The third kappa shape index (κ3) is 2.01. The number of hydrogen-bond acceptors (Lipinski definition) is 2. The zero-order chi connectivity index (χ0) is 11.7. The minimum Gasteiger partial charge on any atom is -0.320 e. The summed E-state index contributed by atoms with van der Waals surface area (Å²) in [6, 6.07) is 8.41. The van der Waals surface area contributed by atoms with Crippen LogP contribution in [0.4, 0.5) is 4.39 Å². The van der Waals surface area contributed by atoms with Crippen molar-refractivity contribution in [1.29, 1.82) is 0 Å². The number of rotatable bonds is 2. The number of halogens is 1. The summed E-state index contributed by atoms with van der Waals surface area (Å²) in [5.74, 6) is -0.236. The first kappa shape index (κ1) is 11.3. The van der Waals surface area contributed by atoms with Crippen LogP contribution < -0.4 is 5.73 Å². The van der Waals surface area contributed by atoms with Crippen molar-refractivity contribution < 1.29 is 4.39 Å². The van der Waals surface area contributed by atoms with E-state index in [0.717, 1.165) is 10.4 Å². The molecule has 1 aromatic heterocycles. The van der Waals surface area contributed by atoms with Crippen LogP contribution in [0.2, 0.25) is 0 Å². The average molecular weight is 235 g/mol. The largest absolute Gasteiger partial charge is 0.320 e. The van der Waals surface area contributed by atoms with Crippen LogP contribution in [-0.4, -0.2) is 0 Å². The van der Waals surface area contributed by atoms with E-state index in [4.69, 9.17) is 5.73 Å². The number of aryl methyl sites for hydroxylation is 2. The lowest BCUT2D eigenvalue weighted by atomic mass is 10.0. The molecule has 16 heavy (non-hydrogen) atoms. The Bertz CT molecular complexity index is 504. The molecule has 0 amide bonds. The van der Waals surface area contributed by atoms with Crippen LogP contribution in [0.25, 0.3) is 0 Å². The topological polar surface area (TPSA) is 26.0 Å². The Hall–Kier alpha value is -1.19. The predicted molar refractivity (Wildman–Crippen MR) is 66.2 cm³/mol. The van der Waals surface area contributed by atoms with E-state index in [1.54, 1.807) is 23.5 Å². The molecule has 1 unspecified atom stereocenters. The third-order valence-corrected chi connectivity index (χ3v) is 3.84. The summed E-state index contributed by atoms with van der Waals surface area (Å²) >= 11 is 1.63. The van der Waals surface area contributed by atoms with Gasteiger partial charge in [0.15, 0.2) is 0 Å². The molecule has 1 atom stereocenters. The second-order valence-electron chi connectivity index (χ2n) is 3.90. The summed E-state index contributed by atoms with van der Waals surface area (Å²) in [4.78, 5) is 2.25. The van der Waals surface area contributed by atoms with Gasteiger partial charge in [0.1, 0.15) is 5.82 Å². The van der Waals surface area contributed by atoms with Gasteiger partial charge in [-0.2, -0.15) is 0 Å². The normalized spacial score (nSPS) is 12.8. The number of hydrogen-bond donors (Lipinski definition) is 1. The molecule has 0 aliphatic rings. The lowest BCUT2D eigenvalue weighted by Crippen LogP contribution is -2.12. The third-order valence-electron chi connectivity index (χ3n) is 2.60. The fraction of sp³-hybridized carbons (Fsp3) is 0.231. The van der Waals surface area contributed by atoms with Crippen LogP contribution in [0.1, 0.15) is 26.9 Å². The molecule has 1 heterocycles. The summed E-state index contributed by atoms with van der Waals surface area (Å²) in [6.07, 6.45) is 0. The van der Waals surface area contributed by atoms with E-state index in [1.807, 2.05) is 19.9 Å². The molecule has 0 aliphatic heterocycles. The summed E-state index contributed by atoms with van der Waals surface area (Å²) in [6.45, 7) is 4.05. The SMILES string of the molecule is Cc1cc(C)c(C(N)c2ccccc2F)s1. The molecule has 2 aromatic rings. The first-order chi connectivity index (χ1) is 7.59. The maximum atomic E-state index is 13.6. The van der Waals surface area contributed by atoms with Crippen molar-refractivity contribution in [3.8, 4) is 0 Å². The van der Waals surface area contributed by atoms with E-state index >= 15 is 0 Å². The first-order valence-corrected chi connectivity index (χ1v) is 5.98. The molecule has 2 rings (SSSR count). The van der Waals surface area contributed by atoms with Crippen LogP contribution in [-0.2, 0) is 0 Å². The average Bonchev–Trinajstić information content (AvgIpc) is 2.58. The van der Waals surface area contributed by atoms with Crippen molar-refractivity contribution in [3.63, 3.8) is 0 Å². The number of benzene rings is 1. The Morgan fingerprint density at radius 2 is 1.94 bits per heavy atom. The van der Waals surface area contributed by atoms with Gasteiger partial charge in [-0.1, -0.05) is 18.2 Å². The highest BCUT2D eigenvalue weighted by Crippen LogP contribution is 2.31. The van der Waals surface area contributed by atoms with Gasteiger partial charge < -0.3 is 5.73 Å². The van der Waals surface area contributed by atoms with E-state index in [-0.39, 0.29) is 11.9 Å². The Kier molecular flexibility index (Phi) is 3.08. The molecular weight excluding hydrogens is 221 g/mol. The monoisotopic (exact) mass is 235 g/mol. The second-order valence-corrected chi connectivity index (χ2v) is 5.19. The van der Waals surface area contributed by atoms with Crippen LogP contribution in [0, 0.1) is 19.7 Å². The second kappa shape index (κ2) is 4.36. The van der Waals surface area contributed by atoms with Crippen molar-refractivity contribution in [2.45, 2.75) is 19.9 Å². The molecule has 0 spiro atoms. The molecule has 0 radical (unpaired) electrons. The van der Waals surface area contributed by atoms with Gasteiger partial charge in [0.25, 0.3) is 0 Å². The quantitative estimate of drug-likeness (QED) is 0.846. The van der Waals surface area contributed by atoms with Gasteiger partial charge in [-0.25, -0.2) is 4.39 Å². The summed E-state index contributed by atoms with van der Waals surface area (Å²) in [5.41, 5.74) is 7.80. The minimum atomic E-state index is -0.361. The first-order valence-electron chi connectivity index (χ1n) is 5.16. The van der Waals surface area contributed by atoms with Crippen LogP contribution in [0.3, 0.4) is 0 Å². The van der Waals surface area contributed by atoms with E-state index in [0.29, 0.717) is 5.56 Å². The summed E-state index contributed by atoms with van der Waals surface area (Å²) < 4.78 is 13.6. The molecule has 1 nitrogen and oxygen atoms in total. The maximum Gasteiger partial charge on any atom is 0.128 e. The number of thiophene rings is 1. The number of nitrogens with two attached hydrogens (primary N) is 1. The van der Waals surface area contributed by atoms with Gasteiger partial charge in [-0.15, -0.1) is 11.3 Å². The predicted octanol–water partition coefficient (Wildman–Crippen LogP) is 3.55. The fourth-order valence-corrected chi connectivity index (χ4v) is 2.89. The lowest BCUT2D eigenvalue weighted by molar-refractivity contribution is 0.601. The molecule has 0 fully saturated rings. The Morgan fingerprint density at radius 3 is 2.50 bits per heavy atom. The summed E-state index contributed by atoms with van der Waals surface area (Å²) in [7, 11) is 0. The van der Waals surface area contributed by atoms with Crippen molar-refractivity contribution in [3.05, 3.63) is 57.0 Å². The molecule has 0 saturated carbocycles. The smallest absolute Gasteiger partial charge is 0.128 e. The maximum absolute atomic E-state index is 13.6. The Morgan fingerprint density at radius 1 is 1.25 bits per heavy atom. The van der Waals surface area contributed by atoms with Crippen LogP contribution in [0.5, 0.6) is 0 Å². The van der Waals surface area contributed by atoms with Crippen molar-refractivity contribution >= 4 is 11.3 Å². The molecule has 0 saturated heterocycles. The Balaban J connectivity index is 2.43. The fourth-order valence-electron chi connectivity index (χ4n) is 1.84. The molecule has 0 bridgehead atoms. The standard InChI is InChI=1S/C13H14FNS/c1-8-7-9(2)16-13(8)12(15)10-5-3-4-6-11(10)14/h3-7,12H,15H2,1-2H3. The van der Waals surface area contributed by atoms with Crippen LogP contribution in [0.15, 0.2) is 30.3 Å². The zero-order valence-corrected chi connectivity index (χ0v) is 10.1. The van der Waals surface area contributed by atoms with E-state index in [9.17, 15) is 4.39 Å². The van der Waals surface area contributed by atoms with Gasteiger partial charge in [0, 0.05) is 15.3 Å². The van der Waals surface area contributed by atoms with Gasteiger partial charge in [0.05, 0.1) is 6.04 Å². The highest BCUT2D eigenvalue weighted by molar-refractivity contribution is 7.12. The molecule has 2 N–H and O–H groups in total. The minimum absolute atomic E-state index is 0.236. The van der Waals surface area contributed by atoms with Gasteiger partial charge >= 0.3 is 0 Å². The molecule has 1 aromatic carbocycles. The molecule has 3 heteroatoms. The highest BCUT2D eigenvalue weighted by Gasteiger charge is 2.16. The van der Waals surface area contributed by atoms with E-state index in [2.05, 4.69) is 6.07 Å². The highest BCUT2D eigenvalue weighted by atomic mass is 32.1. The van der Waals surface area contributed by atoms with Gasteiger partial charge in [0.2, 0.25) is 0 Å². The van der Waals surface area contributed by atoms with Crippen LogP contribution >= 0.6 is 11.3 Å². The Labute approximate surface area is 98.7 Å². The van der Waals surface area contributed by atoms with Gasteiger partial charge in [-0.05, 0) is 31.5 Å². The van der Waals surface area contributed by atoms with Gasteiger partial charge in [-0.3, -0.25) is 0 Å². The van der Waals surface area contributed by atoms with Crippen molar-refractivity contribution in [2.75, 3.05) is 0 Å². The van der Waals surface area contributed by atoms with Crippen molar-refractivity contribution in [1.82, 2.24) is 0 Å². The summed E-state index contributed by atoms with van der Waals surface area (Å²) in [5, 5.41) is 0. The van der Waals surface area contributed by atoms with E-state index < -0.39 is 0 Å². The zero-order valence-electron chi connectivity index (χ0n) is 9.33. The molecule has 84 valence electrons. The van der Waals surface area contributed by atoms with Crippen molar-refractivity contribution in [2.24, 2.45) is 5.73 Å². The molecule has 0 aliphatic carbocycles.